The smallest absolute Gasteiger partial charge is 0.416 e. The van der Waals surface area contributed by atoms with Crippen LogP contribution < -0.4 is 21.0 Å². The summed E-state index contributed by atoms with van der Waals surface area (Å²) in [5, 5.41) is 13.8. The van der Waals surface area contributed by atoms with Crippen molar-refractivity contribution in [3.05, 3.63) is 89.1 Å². The van der Waals surface area contributed by atoms with E-state index in [-0.39, 0.29) is 31.3 Å². The van der Waals surface area contributed by atoms with E-state index in [0.717, 1.165) is 11.6 Å². The summed E-state index contributed by atoms with van der Waals surface area (Å²) in [6.45, 7) is 5.96. The SMILES string of the molecule is CCOc1cc(-c2ncc(NC(=O)Nc3cc(C(F)(F)F)c(CN4CCN(CCO)CC4)cc3F)c(C)n2)cnc1B(Cc1ccccc1)OC. The number of alkyl halides is 3. The minimum absolute atomic E-state index is 0.00256. The highest BCUT2D eigenvalue weighted by atomic mass is 19.4. The van der Waals surface area contributed by atoms with Gasteiger partial charge in [-0.1, -0.05) is 35.9 Å². The van der Waals surface area contributed by atoms with Crippen LogP contribution in [-0.4, -0.2) is 95.9 Å². The molecule has 5 rings (SSSR count). The van der Waals surface area contributed by atoms with Gasteiger partial charge in [-0.15, -0.1) is 0 Å². The number of halogens is 4. The highest BCUT2D eigenvalue weighted by Crippen LogP contribution is 2.36. The minimum atomic E-state index is -4.78. The molecule has 270 valence electrons. The molecule has 11 nitrogen and oxygen atoms in total. The molecule has 2 aromatic heterocycles. The summed E-state index contributed by atoms with van der Waals surface area (Å²) in [5.74, 6) is -0.204. The Hall–Kier alpha value is -4.64. The van der Waals surface area contributed by atoms with Crippen molar-refractivity contribution in [1.29, 1.82) is 0 Å². The Bertz CT molecular complexity index is 1790. The van der Waals surface area contributed by atoms with Gasteiger partial charge in [-0.25, -0.2) is 19.2 Å². The third kappa shape index (κ3) is 9.79. The maximum atomic E-state index is 15.1. The first kappa shape index (κ1) is 37.6. The lowest BCUT2D eigenvalue weighted by atomic mass is 9.59. The van der Waals surface area contributed by atoms with E-state index in [1.165, 1.54) is 6.20 Å². The van der Waals surface area contributed by atoms with Crippen molar-refractivity contribution >= 4 is 29.9 Å². The van der Waals surface area contributed by atoms with Crippen LogP contribution in [-0.2, 0) is 23.7 Å². The number of β-amino-alcohol motifs (C(OH)–C–C–N with tert-alkyl or cyclic N) is 1. The van der Waals surface area contributed by atoms with E-state index >= 15 is 4.39 Å². The summed E-state index contributed by atoms with van der Waals surface area (Å²) in [6, 6.07) is 12.1. The van der Waals surface area contributed by atoms with Crippen LogP contribution in [0.3, 0.4) is 0 Å². The molecular weight excluding hydrogens is 669 g/mol. The van der Waals surface area contributed by atoms with Crippen LogP contribution in [0, 0.1) is 12.7 Å². The number of piperazine rings is 1. The molecule has 3 heterocycles. The van der Waals surface area contributed by atoms with Crippen LogP contribution in [0.25, 0.3) is 11.4 Å². The number of aliphatic hydroxyl groups excluding tert-OH is 1. The Kier molecular flexibility index (Phi) is 12.6. The number of ether oxygens (including phenoxy) is 1. The van der Waals surface area contributed by atoms with Crippen molar-refractivity contribution in [3.8, 4) is 17.1 Å². The number of carbonyl (C=O) groups excluding carboxylic acids is 1. The number of aryl methyl sites for hydroxylation is 1. The molecule has 0 aliphatic carbocycles. The van der Waals surface area contributed by atoms with E-state index in [9.17, 15) is 18.0 Å². The first-order chi connectivity index (χ1) is 24.5. The van der Waals surface area contributed by atoms with Gasteiger partial charge in [0.05, 0.1) is 47.6 Å². The van der Waals surface area contributed by atoms with Gasteiger partial charge in [0.25, 0.3) is 0 Å². The van der Waals surface area contributed by atoms with Crippen molar-refractivity contribution in [3.63, 3.8) is 0 Å². The van der Waals surface area contributed by atoms with Crippen molar-refractivity contribution < 1.29 is 36.9 Å². The van der Waals surface area contributed by atoms with E-state index in [0.29, 0.717) is 80.1 Å². The lowest BCUT2D eigenvalue weighted by molar-refractivity contribution is -0.138. The fourth-order valence-electron chi connectivity index (χ4n) is 5.87. The lowest BCUT2D eigenvalue weighted by Crippen LogP contribution is -2.46. The third-order valence-electron chi connectivity index (χ3n) is 8.54. The van der Waals surface area contributed by atoms with Gasteiger partial charge in [0.15, 0.2) is 5.82 Å². The predicted molar refractivity (Wildman–Crippen MR) is 187 cm³/mol. The number of amides is 2. The van der Waals surface area contributed by atoms with Gasteiger partial charge in [0, 0.05) is 58.1 Å². The molecule has 0 unspecified atom stereocenters. The molecule has 2 aromatic carbocycles. The Labute approximate surface area is 294 Å². The van der Waals surface area contributed by atoms with Gasteiger partial charge in [0.2, 0.25) is 0 Å². The molecule has 0 atom stereocenters. The third-order valence-corrected chi connectivity index (χ3v) is 8.54. The second-order valence-corrected chi connectivity index (χ2v) is 12.1. The standard InChI is InChI=1S/C35H40BF4N7O4/c1-4-51-31-17-25(20-41-32(31)36(50-3)19-24-8-6-5-7-9-24)33-42-21-30(23(2)43-33)45-34(49)44-29-18-27(35(38,39)40)26(16-28(29)37)22-47-12-10-46(11-13-47)14-15-48/h5-9,16-18,20-21,48H,4,10-15,19,22H2,1-3H3,(H2,44,45,49). The Morgan fingerprint density at radius 3 is 2.35 bits per heavy atom. The number of nitrogens with one attached hydrogen (secondary N) is 2. The second-order valence-electron chi connectivity index (χ2n) is 12.1. The summed E-state index contributed by atoms with van der Waals surface area (Å²) >= 11 is 0. The summed E-state index contributed by atoms with van der Waals surface area (Å²) in [7, 11) is 1.61. The molecule has 0 radical (unpaired) electrons. The Morgan fingerprint density at radius 2 is 1.71 bits per heavy atom. The molecule has 1 aliphatic rings. The number of hydrogen-bond acceptors (Lipinski definition) is 9. The average molecular weight is 710 g/mol. The largest absolute Gasteiger partial charge is 0.493 e. The van der Waals surface area contributed by atoms with E-state index < -0.39 is 29.3 Å². The number of urea groups is 1. The van der Waals surface area contributed by atoms with Crippen LogP contribution in [0.2, 0.25) is 0 Å². The summed E-state index contributed by atoms with van der Waals surface area (Å²) < 4.78 is 69.1. The van der Waals surface area contributed by atoms with E-state index in [2.05, 4.69) is 25.6 Å². The van der Waals surface area contributed by atoms with Gasteiger partial charge < -0.3 is 25.1 Å². The molecule has 2 amide bonds. The number of nitrogens with zero attached hydrogens (tertiary/aromatic N) is 5. The second kappa shape index (κ2) is 17.1. The monoisotopic (exact) mass is 709 g/mol. The zero-order chi connectivity index (χ0) is 36.5. The number of hydrogen-bond donors (Lipinski definition) is 3. The van der Waals surface area contributed by atoms with E-state index in [4.69, 9.17) is 14.5 Å². The summed E-state index contributed by atoms with van der Waals surface area (Å²) in [4.78, 5) is 30.2. The van der Waals surface area contributed by atoms with Gasteiger partial charge in [-0.05, 0) is 43.9 Å². The Balaban J connectivity index is 1.28. The molecule has 1 aliphatic heterocycles. The van der Waals surface area contributed by atoms with Crippen LogP contribution >= 0.6 is 0 Å². The molecule has 0 bridgehead atoms. The molecule has 51 heavy (non-hydrogen) atoms. The fourth-order valence-corrected chi connectivity index (χ4v) is 5.87. The first-order valence-corrected chi connectivity index (χ1v) is 16.6. The number of carbonyl (C=O) groups is 1. The highest BCUT2D eigenvalue weighted by molar-refractivity contribution is 6.66. The normalized spacial score (nSPS) is 14.0. The molecular formula is C35H40BF4N7O4. The van der Waals surface area contributed by atoms with E-state index in [1.807, 2.05) is 42.2 Å². The van der Waals surface area contributed by atoms with Crippen LogP contribution in [0.4, 0.5) is 33.7 Å². The van der Waals surface area contributed by atoms with Crippen molar-refractivity contribution in [2.45, 2.75) is 32.9 Å². The average Bonchev–Trinajstić information content (AvgIpc) is 3.10. The number of aliphatic hydroxyl groups is 1. The number of rotatable bonds is 13. The summed E-state index contributed by atoms with van der Waals surface area (Å²) in [5.41, 5.74) is 0.861. The molecule has 1 saturated heterocycles. The van der Waals surface area contributed by atoms with Gasteiger partial charge in [-0.2, -0.15) is 13.2 Å². The van der Waals surface area contributed by atoms with Crippen molar-refractivity contribution in [2.75, 3.05) is 63.7 Å². The van der Waals surface area contributed by atoms with E-state index in [1.54, 1.807) is 31.2 Å². The first-order valence-electron chi connectivity index (χ1n) is 16.6. The lowest BCUT2D eigenvalue weighted by Gasteiger charge is -2.34. The van der Waals surface area contributed by atoms with Crippen LogP contribution in [0.1, 0.15) is 29.3 Å². The van der Waals surface area contributed by atoms with Gasteiger partial charge in [-0.3, -0.25) is 14.8 Å². The fraction of sp³-hybridized carbons (Fsp3) is 0.371. The molecule has 3 N–H and O–H groups in total. The van der Waals surface area contributed by atoms with Crippen LogP contribution in [0.5, 0.6) is 5.75 Å². The molecule has 4 aromatic rings. The zero-order valence-electron chi connectivity index (χ0n) is 28.6. The topological polar surface area (TPSA) is 125 Å². The highest BCUT2D eigenvalue weighted by Gasteiger charge is 2.35. The molecule has 0 saturated carbocycles. The molecule has 1 fully saturated rings. The Morgan fingerprint density at radius 1 is 1.00 bits per heavy atom. The van der Waals surface area contributed by atoms with Gasteiger partial charge in [0.1, 0.15) is 11.6 Å². The van der Waals surface area contributed by atoms with Crippen LogP contribution in [0.15, 0.2) is 60.9 Å². The minimum Gasteiger partial charge on any atom is -0.493 e. The molecule has 16 heteroatoms. The number of benzene rings is 2. The number of anilines is 2. The molecule has 0 spiro atoms. The quantitative estimate of drug-likeness (QED) is 0.133. The summed E-state index contributed by atoms with van der Waals surface area (Å²) in [6.07, 6.45) is -1.25. The number of pyridine rings is 1. The van der Waals surface area contributed by atoms with Gasteiger partial charge >= 0.3 is 19.1 Å². The maximum Gasteiger partial charge on any atom is 0.416 e. The zero-order valence-corrected chi connectivity index (χ0v) is 28.6. The number of aromatic nitrogens is 3. The van der Waals surface area contributed by atoms with Crippen molar-refractivity contribution in [2.24, 2.45) is 0 Å². The van der Waals surface area contributed by atoms with Crippen molar-refractivity contribution in [1.82, 2.24) is 24.8 Å². The predicted octanol–water partition coefficient (Wildman–Crippen LogP) is 4.78. The maximum absolute atomic E-state index is 15.1.